The standard InChI is InChI=1S/C31H20Cl2O2S/c1-19-6-13-25(14-7-19)36(34,35)31-26-15-12-24(33)18-28(26)30(20-8-10-23(32)11-9-20)27-16-21-4-2-3-5-22(21)17-29(27)31/h2-18H,1H3. The SMILES string of the molecule is Cc1ccc(S(=O)(=O)c2c3ccc(Cl)cc3c(-c3ccc(Cl)cc3)c3cc4ccccc4cc23)cc1. The van der Waals surface area contributed by atoms with Gasteiger partial charge in [0, 0.05) is 20.8 Å². The lowest BCUT2D eigenvalue weighted by Crippen LogP contribution is -2.05. The summed E-state index contributed by atoms with van der Waals surface area (Å²) >= 11 is 12.7. The smallest absolute Gasteiger partial charge is 0.207 e. The molecule has 0 unspecified atom stereocenters. The van der Waals surface area contributed by atoms with Crippen LogP contribution in [0.4, 0.5) is 0 Å². The minimum atomic E-state index is -3.86. The van der Waals surface area contributed by atoms with Crippen molar-refractivity contribution in [3.8, 4) is 11.1 Å². The molecule has 0 aliphatic carbocycles. The van der Waals surface area contributed by atoms with Crippen LogP contribution in [0.25, 0.3) is 43.4 Å². The highest BCUT2D eigenvalue weighted by Gasteiger charge is 2.26. The molecule has 176 valence electrons. The number of hydrogen-bond acceptors (Lipinski definition) is 2. The third-order valence-corrected chi connectivity index (χ3v) is 8.99. The molecule has 0 bridgehead atoms. The van der Waals surface area contributed by atoms with Crippen LogP contribution in [-0.4, -0.2) is 8.42 Å². The fraction of sp³-hybridized carbons (Fsp3) is 0.0323. The maximum Gasteiger partial charge on any atom is 0.207 e. The highest BCUT2D eigenvalue weighted by molar-refractivity contribution is 7.92. The zero-order valence-corrected chi connectivity index (χ0v) is 21.6. The van der Waals surface area contributed by atoms with Gasteiger partial charge in [0.15, 0.2) is 0 Å². The van der Waals surface area contributed by atoms with E-state index in [1.165, 1.54) is 0 Å². The van der Waals surface area contributed by atoms with Gasteiger partial charge >= 0.3 is 0 Å². The summed E-state index contributed by atoms with van der Waals surface area (Å²) in [5, 5.41) is 6.10. The van der Waals surface area contributed by atoms with E-state index >= 15 is 0 Å². The van der Waals surface area contributed by atoms with Gasteiger partial charge in [-0.1, -0.05) is 83.4 Å². The van der Waals surface area contributed by atoms with Gasteiger partial charge in [-0.3, -0.25) is 0 Å². The minimum Gasteiger partial charge on any atom is -0.218 e. The van der Waals surface area contributed by atoms with Crippen LogP contribution >= 0.6 is 23.2 Å². The molecule has 0 fully saturated rings. The van der Waals surface area contributed by atoms with Crippen molar-refractivity contribution in [1.82, 2.24) is 0 Å². The van der Waals surface area contributed by atoms with Crippen molar-refractivity contribution in [3.05, 3.63) is 119 Å². The van der Waals surface area contributed by atoms with E-state index in [-0.39, 0.29) is 9.79 Å². The molecule has 0 aromatic heterocycles. The van der Waals surface area contributed by atoms with Gasteiger partial charge < -0.3 is 0 Å². The molecule has 0 N–H and O–H groups in total. The van der Waals surface area contributed by atoms with Gasteiger partial charge in [0.05, 0.1) is 9.79 Å². The highest BCUT2D eigenvalue weighted by Crippen LogP contribution is 2.45. The quantitative estimate of drug-likeness (QED) is 0.215. The van der Waals surface area contributed by atoms with Crippen molar-refractivity contribution >= 4 is 65.4 Å². The number of hydrogen-bond donors (Lipinski definition) is 0. The van der Waals surface area contributed by atoms with Crippen LogP contribution in [0.2, 0.25) is 10.0 Å². The Hall–Kier alpha value is -3.37. The molecule has 0 heterocycles. The highest BCUT2D eigenvalue weighted by atomic mass is 35.5. The first kappa shape index (κ1) is 23.1. The third-order valence-electron chi connectivity index (χ3n) is 6.63. The zero-order chi connectivity index (χ0) is 25.0. The molecule has 0 saturated heterocycles. The Kier molecular flexibility index (Phi) is 5.53. The number of fused-ring (bicyclic) bond motifs is 3. The number of benzene rings is 6. The van der Waals surface area contributed by atoms with Crippen molar-refractivity contribution in [3.63, 3.8) is 0 Å². The second-order valence-corrected chi connectivity index (χ2v) is 11.7. The average molecular weight is 527 g/mol. The lowest BCUT2D eigenvalue weighted by atomic mass is 9.90. The van der Waals surface area contributed by atoms with Gasteiger partial charge in [0.25, 0.3) is 0 Å². The Balaban J connectivity index is 1.86. The summed E-state index contributed by atoms with van der Waals surface area (Å²) in [7, 11) is -3.86. The molecule has 2 nitrogen and oxygen atoms in total. The first-order valence-corrected chi connectivity index (χ1v) is 13.7. The van der Waals surface area contributed by atoms with Gasteiger partial charge in [-0.15, -0.1) is 0 Å². The Bertz CT molecular complexity index is 1910. The molecule has 6 aromatic rings. The van der Waals surface area contributed by atoms with Crippen molar-refractivity contribution in [2.45, 2.75) is 16.7 Å². The molecular weight excluding hydrogens is 507 g/mol. The van der Waals surface area contributed by atoms with Crippen molar-refractivity contribution < 1.29 is 8.42 Å². The fourth-order valence-corrected chi connectivity index (χ4v) is 6.85. The summed E-state index contributed by atoms with van der Waals surface area (Å²) in [6.07, 6.45) is 0. The van der Waals surface area contributed by atoms with E-state index in [1.807, 2.05) is 85.8 Å². The zero-order valence-electron chi connectivity index (χ0n) is 19.3. The van der Waals surface area contributed by atoms with E-state index < -0.39 is 9.84 Å². The van der Waals surface area contributed by atoms with Crippen molar-refractivity contribution in [2.24, 2.45) is 0 Å². The van der Waals surface area contributed by atoms with Gasteiger partial charge in [-0.25, -0.2) is 8.42 Å². The van der Waals surface area contributed by atoms with E-state index in [1.54, 1.807) is 18.2 Å². The van der Waals surface area contributed by atoms with E-state index in [2.05, 4.69) is 6.07 Å². The molecule has 0 aliphatic heterocycles. The van der Waals surface area contributed by atoms with Gasteiger partial charge in [0.2, 0.25) is 9.84 Å². The molecule has 5 heteroatoms. The Morgan fingerprint density at radius 2 is 1.17 bits per heavy atom. The summed E-state index contributed by atoms with van der Waals surface area (Å²) in [6.45, 7) is 1.94. The third kappa shape index (κ3) is 3.75. The maximum atomic E-state index is 14.2. The van der Waals surface area contributed by atoms with Crippen LogP contribution in [0, 0.1) is 6.92 Å². The summed E-state index contributed by atoms with van der Waals surface area (Å²) in [5.41, 5.74) is 2.86. The Morgan fingerprint density at radius 1 is 0.583 bits per heavy atom. The fourth-order valence-electron chi connectivity index (χ4n) is 4.90. The first-order chi connectivity index (χ1) is 17.3. The predicted octanol–water partition coefficient (Wildman–Crippen LogP) is 9.26. The van der Waals surface area contributed by atoms with Crippen LogP contribution < -0.4 is 0 Å². The lowest BCUT2D eigenvalue weighted by molar-refractivity contribution is 0.597. The number of aryl methyl sites for hydroxylation is 1. The van der Waals surface area contributed by atoms with E-state index in [0.29, 0.717) is 20.8 Å². The normalized spacial score (nSPS) is 12.0. The second-order valence-electron chi connectivity index (χ2n) is 8.96. The molecule has 36 heavy (non-hydrogen) atoms. The van der Waals surface area contributed by atoms with Crippen LogP contribution in [0.3, 0.4) is 0 Å². The van der Waals surface area contributed by atoms with Crippen molar-refractivity contribution in [1.29, 1.82) is 0 Å². The monoisotopic (exact) mass is 526 g/mol. The molecular formula is C31H20Cl2O2S. The molecule has 0 amide bonds. The molecule has 0 spiro atoms. The van der Waals surface area contributed by atoms with Crippen molar-refractivity contribution in [2.75, 3.05) is 0 Å². The molecule has 6 aromatic carbocycles. The average Bonchev–Trinajstić information content (AvgIpc) is 2.87. The lowest BCUT2D eigenvalue weighted by Gasteiger charge is -2.19. The van der Waals surface area contributed by atoms with Gasteiger partial charge in [-0.05, 0) is 88.1 Å². The molecule has 0 saturated carbocycles. The molecule has 6 rings (SSSR count). The topological polar surface area (TPSA) is 34.1 Å². The minimum absolute atomic E-state index is 0.262. The van der Waals surface area contributed by atoms with Crippen LogP contribution in [0.5, 0.6) is 0 Å². The molecule has 0 atom stereocenters. The summed E-state index contributed by atoms with van der Waals surface area (Å²) in [5.74, 6) is 0. The second kappa shape index (κ2) is 8.63. The molecule has 0 aliphatic rings. The summed E-state index contributed by atoms with van der Waals surface area (Å²) in [4.78, 5) is 0.550. The largest absolute Gasteiger partial charge is 0.218 e. The summed E-state index contributed by atoms with van der Waals surface area (Å²) in [6, 6.07) is 32.1. The van der Waals surface area contributed by atoms with Gasteiger partial charge in [-0.2, -0.15) is 0 Å². The Morgan fingerprint density at radius 3 is 1.83 bits per heavy atom. The number of rotatable bonds is 3. The van der Waals surface area contributed by atoms with E-state index in [0.717, 1.165) is 38.2 Å². The maximum absolute atomic E-state index is 14.2. The Labute approximate surface area is 219 Å². The van der Waals surface area contributed by atoms with Crippen LogP contribution in [0.1, 0.15) is 5.56 Å². The van der Waals surface area contributed by atoms with E-state index in [4.69, 9.17) is 23.2 Å². The van der Waals surface area contributed by atoms with Crippen LogP contribution in [-0.2, 0) is 9.84 Å². The summed E-state index contributed by atoms with van der Waals surface area (Å²) < 4.78 is 28.5. The van der Waals surface area contributed by atoms with Crippen LogP contribution in [0.15, 0.2) is 113 Å². The molecule has 0 radical (unpaired) electrons. The van der Waals surface area contributed by atoms with Gasteiger partial charge in [0.1, 0.15) is 0 Å². The first-order valence-electron chi connectivity index (χ1n) is 11.5. The number of sulfone groups is 1. The van der Waals surface area contributed by atoms with E-state index in [9.17, 15) is 8.42 Å². The number of halogens is 2. The predicted molar refractivity (Wildman–Crippen MR) is 151 cm³/mol.